The fourth-order valence-corrected chi connectivity index (χ4v) is 2.68. The molecule has 1 aliphatic heterocycles. The molecule has 1 amide bonds. The highest BCUT2D eigenvalue weighted by atomic mass is 19.4. The Morgan fingerprint density at radius 3 is 2.56 bits per heavy atom. The van der Waals surface area contributed by atoms with Crippen LogP contribution in [0.4, 0.5) is 13.2 Å². The lowest BCUT2D eigenvalue weighted by Gasteiger charge is -2.27. The number of hydrogen-bond acceptors (Lipinski definition) is 2. The number of hydrogen-bond donors (Lipinski definition) is 2. The summed E-state index contributed by atoms with van der Waals surface area (Å²) in [7, 11) is 1.55. The highest BCUT2D eigenvalue weighted by Crippen LogP contribution is 2.29. The van der Waals surface area contributed by atoms with Crippen molar-refractivity contribution in [3.8, 4) is 0 Å². The molecule has 0 aliphatic carbocycles. The van der Waals surface area contributed by atoms with Crippen molar-refractivity contribution in [1.82, 2.24) is 15.5 Å². The normalized spacial score (nSPS) is 15.8. The van der Waals surface area contributed by atoms with Crippen LogP contribution in [0, 0.1) is 0 Å². The number of benzene rings is 1. The zero-order chi connectivity index (χ0) is 18.3. The predicted molar refractivity (Wildman–Crippen MR) is 90.1 cm³/mol. The van der Waals surface area contributed by atoms with E-state index in [-0.39, 0.29) is 19.0 Å². The standard InChI is InChI=1S/C17H23F3N4O/c1-21-16(23-12-15(25)24-8-3-2-4-9-24)22-11-13-6-5-7-14(10-13)17(18,19)20/h5-7,10H,2-4,8-9,11-12H2,1H3,(H2,21,22,23). The van der Waals surface area contributed by atoms with Gasteiger partial charge < -0.3 is 15.5 Å². The number of carbonyl (C=O) groups is 1. The van der Waals surface area contributed by atoms with Gasteiger partial charge in [0.05, 0.1) is 12.1 Å². The summed E-state index contributed by atoms with van der Waals surface area (Å²) in [5.74, 6) is 0.379. The molecule has 0 aromatic heterocycles. The van der Waals surface area contributed by atoms with E-state index in [0.29, 0.717) is 11.5 Å². The molecular formula is C17H23F3N4O. The molecule has 0 unspecified atom stereocenters. The van der Waals surface area contributed by atoms with Gasteiger partial charge in [-0.15, -0.1) is 0 Å². The van der Waals surface area contributed by atoms with Crippen molar-refractivity contribution in [3.63, 3.8) is 0 Å². The van der Waals surface area contributed by atoms with E-state index in [0.717, 1.165) is 44.5 Å². The third-order valence-corrected chi connectivity index (χ3v) is 4.05. The molecule has 2 N–H and O–H groups in total. The van der Waals surface area contributed by atoms with E-state index < -0.39 is 11.7 Å². The molecule has 0 bridgehead atoms. The maximum atomic E-state index is 12.7. The number of halogens is 3. The SMILES string of the molecule is CN=C(NCC(=O)N1CCCCC1)NCc1cccc(C(F)(F)F)c1. The van der Waals surface area contributed by atoms with E-state index in [1.807, 2.05) is 4.90 Å². The van der Waals surface area contributed by atoms with Gasteiger partial charge >= 0.3 is 6.18 Å². The average Bonchev–Trinajstić information content (AvgIpc) is 2.62. The van der Waals surface area contributed by atoms with Crippen LogP contribution in [0.25, 0.3) is 0 Å². The molecule has 0 spiro atoms. The molecule has 0 atom stereocenters. The monoisotopic (exact) mass is 356 g/mol. The first kappa shape index (κ1) is 19.1. The van der Waals surface area contributed by atoms with Crippen LogP contribution in [0.1, 0.15) is 30.4 Å². The highest BCUT2D eigenvalue weighted by Gasteiger charge is 2.30. The van der Waals surface area contributed by atoms with Gasteiger partial charge in [0.15, 0.2) is 5.96 Å². The van der Waals surface area contributed by atoms with Gasteiger partial charge in [0.25, 0.3) is 0 Å². The van der Waals surface area contributed by atoms with E-state index in [1.165, 1.54) is 6.07 Å². The lowest BCUT2D eigenvalue weighted by atomic mass is 10.1. The summed E-state index contributed by atoms with van der Waals surface area (Å²) >= 11 is 0. The van der Waals surface area contributed by atoms with Crippen LogP contribution in [0.5, 0.6) is 0 Å². The van der Waals surface area contributed by atoms with Gasteiger partial charge in [0.1, 0.15) is 0 Å². The number of aliphatic imine (C=N–C) groups is 1. The molecule has 1 aromatic rings. The molecule has 2 rings (SSSR count). The number of likely N-dealkylation sites (tertiary alicyclic amines) is 1. The Morgan fingerprint density at radius 1 is 1.20 bits per heavy atom. The zero-order valence-electron chi connectivity index (χ0n) is 14.2. The predicted octanol–water partition coefficient (Wildman–Crippen LogP) is 2.38. The molecule has 5 nitrogen and oxygen atoms in total. The van der Waals surface area contributed by atoms with Gasteiger partial charge in [-0.1, -0.05) is 12.1 Å². The molecule has 1 aromatic carbocycles. The second kappa shape index (κ2) is 8.73. The van der Waals surface area contributed by atoms with Crippen LogP contribution in [0.2, 0.25) is 0 Å². The number of alkyl halides is 3. The van der Waals surface area contributed by atoms with Crippen molar-refractivity contribution < 1.29 is 18.0 Å². The van der Waals surface area contributed by atoms with Crippen LogP contribution >= 0.6 is 0 Å². The highest BCUT2D eigenvalue weighted by molar-refractivity contribution is 5.86. The van der Waals surface area contributed by atoms with Gasteiger partial charge in [0, 0.05) is 26.7 Å². The number of carbonyl (C=O) groups excluding carboxylic acids is 1. The van der Waals surface area contributed by atoms with E-state index in [4.69, 9.17) is 0 Å². The van der Waals surface area contributed by atoms with Crippen LogP contribution in [-0.4, -0.2) is 43.4 Å². The molecule has 138 valence electrons. The van der Waals surface area contributed by atoms with Crippen LogP contribution in [0.3, 0.4) is 0 Å². The Kier molecular flexibility index (Phi) is 6.66. The molecule has 0 saturated carbocycles. The molecule has 25 heavy (non-hydrogen) atoms. The minimum atomic E-state index is -4.36. The van der Waals surface area contributed by atoms with Gasteiger partial charge in [-0.25, -0.2) is 0 Å². The zero-order valence-corrected chi connectivity index (χ0v) is 14.2. The summed E-state index contributed by atoms with van der Waals surface area (Å²) in [5, 5.41) is 5.83. The van der Waals surface area contributed by atoms with Crippen LogP contribution < -0.4 is 10.6 Å². The van der Waals surface area contributed by atoms with Crippen molar-refractivity contribution in [2.24, 2.45) is 4.99 Å². The van der Waals surface area contributed by atoms with E-state index in [1.54, 1.807) is 13.1 Å². The number of amides is 1. The Hall–Kier alpha value is -2.25. The summed E-state index contributed by atoms with van der Waals surface area (Å²) in [4.78, 5) is 17.9. The smallest absolute Gasteiger partial charge is 0.352 e. The van der Waals surface area contributed by atoms with Gasteiger partial charge in [-0.3, -0.25) is 9.79 Å². The Morgan fingerprint density at radius 2 is 1.92 bits per heavy atom. The molecule has 1 aliphatic rings. The Labute approximate surface area is 145 Å². The summed E-state index contributed by atoms with van der Waals surface area (Å²) in [6.45, 7) is 1.84. The quantitative estimate of drug-likeness (QED) is 0.643. The van der Waals surface area contributed by atoms with Crippen LogP contribution in [-0.2, 0) is 17.5 Å². The maximum Gasteiger partial charge on any atom is 0.416 e. The largest absolute Gasteiger partial charge is 0.416 e. The first-order valence-corrected chi connectivity index (χ1v) is 8.28. The lowest BCUT2D eigenvalue weighted by Crippen LogP contribution is -2.45. The second-order valence-electron chi connectivity index (χ2n) is 5.92. The summed E-state index contributed by atoms with van der Waals surface area (Å²) < 4.78 is 38.2. The second-order valence-corrected chi connectivity index (χ2v) is 5.92. The van der Waals surface area contributed by atoms with E-state index >= 15 is 0 Å². The van der Waals surface area contributed by atoms with E-state index in [2.05, 4.69) is 15.6 Å². The number of rotatable bonds is 4. The number of guanidine groups is 1. The van der Waals surface area contributed by atoms with Gasteiger partial charge in [0.2, 0.25) is 5.91 Å². The van der Waals surface area contributed by atoms with Gasteiger partial charge in [-0.05, 0) is 37.0 Å². The molecule has 1 fully saturated rings. The molecule has 1 saturated heterocycles. The molecule has 8 heteroatoms. The topological polar surface area (TPSA) is 56.7 Å². The third-order valence-electron chi connectivity index (χ3n) is 4.05. The fourth-order valence-electron chi connectivity index (χ4n) is 2.68. The first-order chi connectivity index (χ1) is 11.9. The lowest BCUT2D eigenvalue weighted by molar-refractivity contribution is -0.137. The Balaban J connectivity index is 1.83. The summed E-state index contributed by atoms with van der Waals surface area (Å²) in [5.41, 5.74) is -0.199. The number of nitrogens with zero attached hydrogens (tertiary/aromatic N) is 2. The number of piperidine rings is 1. The van der Waals surface area contributed by atoms with Crippen molar-refractivity contribution in [2.45, 2.75) is 32.0 Å². The minimum absolute atomic E-state index is 0.00159. The van der Waals surface area contributed by atoms with Crippen molar-refractivity contribution >= 4 is 11.9 Å². The average molecular weight is 356 g/mol. The number of nitrogens with one attached hydrogen (secondary N) is 2. The summed E-state index contributed by atoms with van der Waals surface area (Å²) in [6, 6.07) is 5.11. The van der Waals surface area contributed by atoms with Crippen molar-refractivity contribution in [1.29, 1.82) is 0 Å². The van der Waals surface area contributed by atoms with Crippen molar-refractivity contribution in [3.05, 3.63) is 35.4 Å². The summed E-state index contributed by atoms with van der Waals surface area (Å²) in [6.07, 6.45) is -1.17. The molecule has 1 heterocycles. The maximum absolute atomic E-state index is 12.7. The molecular weight excluding hydrogens is 333 g/mol. The van der Waals surface area contributed by atoms with Crippen molar-refractivity contribution in [2.75, 3.05) is 26.7 Å². The van der Waals surface area contributed by atoms with Gasteiger partial charge in [-0.2, -0.15) is 13.2 Å². The fraction of sp³-hybridized carbons (Fsp3) is 0.529. The third kappa shape index (κ3) is 5.95. The molecule has 0 radical (unpaired) electrons. The Bertz CT molecular complexity index is 610. The van der Waals surface area contributed by atoms with E-state index in [9.17, 15) is 18.0 Å². The first-order valence-electron chi connectivity index (χ1n) is 8.28. The van der Waals surface area contributed by atoms with Crippen LogP contribution in [0.15, 0.2) is 29.3 Å². The minimum Gasteiger partial charge on any atom is -0.352 e.